The fourth-order valence-corrected chi connectivity index (χ4v) is 4.21. The molecule has 2 aromatic rings. The van der Waals surface area contributed by atoms with Crippen molar-refractivity contribution in [3.63, 3.8) is 0 Å². The van der Waals surface area contributed by atoms with E-state index in [-0.39, 0.29) is 10.7 Å². The van der Waals surface area contributed by atoms with Gasteiger partial charge in [-0.3, -0.25) is 14.7 Å². The molecule has 8 heteroatoms. The van der Waals surface area contributed by atoms with Gasteiger partial charge in [0.05, 0.1) is 4.92 Å². The van der Waals surface area contributed by atoms with Crippen molar-refractivity contribution >= 4 is 24.9 Å². The van der Waals surface area contributed by atoms with E-state index in [2.05, 4.69) is 0 Å². The molecule has 0 N–H and O–H groups in total. The van der Waals surface area contributed by atoms with Crippen LogP contribution >= 0.6 is 19.2 Å². The van der Waals surface area contributed by atoms with Crippen molar-refractivity contribution in [2.45, 2.75) is 5.66 Å². The molecule has 0 fully saturated rings. The maximum Gasteiger partial charge on any atom is 0.341 e. The Morgan fingerprint density at radius 2 is 1.70 bits per heavy atom. The minimum atomic E-state index is -3.52. The van der Waals surface area contributed by atoms with E-state index in [9.17, 15) is 14.7 Å². The highest BCUT2D eigenvalue weighted by molar-refractivity contribution is 7.54. The van der Waals surface area contributed by atoms with E-state index in [1.807, 2.05) is 6.07 Å². The zero-order chi connectivity index (χ0) is 17.0. The van der Waals surface area contributed by atoms with Crippen LogP contribution in [0.2, 0.25) is 5.02 Å². The summed E-state index contributed by atoms with van der Waals surface area (Å²) in [6.07, 6.45) is 0. The van der Waals surface area contributed by atoms with E-state index in [0.717, 1.165) is 0 Å². The van der Waals surface area contributed by atoms with Gasteiger partial charge in [-0.05, 0) is 17.2 Å². The van der Waals surface area contributed by atoms with E-state index in [0.29, 0.717) is 11.1 Å². The number of nitrogens with zero attached hydrogens (tertiary/aromatic N) is 1. The largest absolute Gasteiger partial charge is 0.341 e. The molecule has 0 amide bonds. The molecule has 0 saturated carbocycles. The van der Waals surface area contributed by atoms with Gasteiger partial charge in [0.15, 0.2) is 0 Å². The SMILES string of the molecule is COP(=O)(OC)C(c1ccccc1)c1ccc([N+](=O)[O-])c(Cl)c1. The number of nitro groups is 1. The second-order valence-corrected chi connectivity index (χ2v) is 7.42. The lowest BCUT2D eigenvalue weighted by atomic mass is 10.0. The van der Waals surface area contributed by atoms with E-state index in [4.69, 9.17) is 20.6 Å². The first kappa shape index (κ1) is 17.6. The quantitative estimate of drug-likeness (QED) is 0.421. The van der Waals surface area contributed by atoms with Crippen LogP contribution in [-0.4, -0.2) is 19.1 Å². The van der Waals surface area contributed by atoms with E-state index < -0.39 is 18.2 Å². The molecule has 0 bridgehead atoms. The Kier molecular flexibility index (Phi) is 5.55. The molecule has 2 rings (SSSR count). The van der Waals surface area contributed by atoms with Gasteiger partial charge in [-0.25, -0.2) is 0 Å². The topological polar surface area (TPSA) is 78.7 Å². The van der Waals surface area contributed by atoms with Gasteiger partial charge in [-0.15, -0.1) is 0 Å². The highest BCUT2D eigenvalue weighted by Crippen LogP contribution is 2.62. The summed E-state index contributed by atoms with van der Waals surface area (Å²) in [4.78, 5) is 10.3. The van der Waals surface area contributed by atoms with Crippen LogP contribution in [0.25, 0.3) is 0 Å². The Hall–Kier alpha value is -1.72. The fraction of sp³-hybridized carbons (Fsp3) is 0.200. The number of rotatable bonds is 6. The van der Waals surface area contributed by atoms with Crippen molar-refractivity contribution in [2.24, 2.45) is 0 Å². The van der Waals surface area contributed by atoms with Gasteiger partial charge in [0.25, 0.3) is 5.69 Å². The summed E-state index contributed by atoms with van der Waals surface area (Å²) < 4.78 is 23.2. The summed E-state index contributed by atoms with van der Waals surface area (Å²) in [5, 5.41) is 10.9. The lowest BCUT2D eigenvalue weighted by molar-refractivity contribution is -0.384. The van der Waals surface area contributed by atoms with Gasteiger partial charge in [-0.1, -0.05) is 48.0 Å². The lowest BCUT2D eigenvalue weighted by Crippen LogP contribution is -2.06. The number of nitro benzene ring substituents is 1. The molecule has 0 radical (unpaired) electrons. The zero-order valence-electron chi connectivity index (χ0n) is 12.5. The van der Waals surface area contributed by atoms with Gasteiger partial charge >= 0.3 is 7.60 Å². The maximum atomic E-state index is 13.0. The Balaban J connectivity index is 2.61. The minimum absolute atomic E-state index is 0.0350. The summed E-state index contributed by atoms with van der Waals surface area (Å²) in [5.74, 6) is 0. The molecule has 0 aromatic heterocycles. The van der Waals surface area contributed by atoms with Crippen LogP contribution in [0.1, 0.15) is 16.8 Å². The van der Waals surface area contributed by atoms with Gasteiger partial charge in [0.1, 0.15) is 10.7 Å². The molecule has 1 atom stereocenters. The Morgan fingerprint density at radius 3 is 2.17 bits per heavy atom. The normalized spacial score (nSPS) is 12.8. The van der Waals surface area contributed by atoms with Crippen molar-refractivity contribution in [3.05, 3.63) is 74.8 Å². The third kappa shape index (κ3) is 3.62. The number of halogens is 1. The second-order valence-electron chi connectivity index (χ2n) is 4.69. The monoisotopic (exact) mass is 355 g/mol. The predicted molar refractivity (Wildman–Crippen MR) is 88.0 cm³/mol. The molecular weight excluding hydrogens is 341 g/mol. The predicted octanol–water partition coefficient (Wildman–Crippen LogP) is 4.82. The third-order valence-corrected chi connectivity index (χ3v) is 5.97. The van der Waals surface area contributed by atoms with Crippen LogP contribution in [0.3, 0.4) is 0 Å². The van der Waals surface area contributed by atoms with Crippen LogP contribution < -0.4 is 0 Å². The average molecular weight is 356 g/mol. The maximum absolute atomic E-state index is 13.0. The van der Waals surface area contributed by atoms with Crippen LogP contribution in [0.5, 0.6) is 0 Å². The Bertz CT molecular complexity index is 745. The number of hydrogen-bond donors (Lipinski definition) is 0. The molecule has 6 nitrogen and oxygen atoms in total. The van der Waals surface area contributed by atoms with Gasteiger partial charge in [0, 0.05) is 20.3 Å². The van der Waals surface area contributed by atoms with Crippen molar-refractivity contribution in [3.8, 4) is 0 Å². The molecule has 0 aliphatic rings. The molecule has 0 heterocycles. The van der Waals surface area contributed by atoms with Crippen molar-refractivity contribution in [2.75, 3.05) is 14.2 Å². The molecule has 1 unspecified atom stereocenters. The Labute approximate surface area is 138 Å². The van der Waals surface area contributed by atoms with Crippen LogP contribution in [0, 0.1) is 10.1 Å². The summed E-state index contributed by atoms with van der Waals surface area (Å²) in [7, 11) is -0.925. The lowest BCUT2D eigenvalue weighted by Gasteiger charge is -2.25. The smallest absolute Gasteiger partial charge is 0.311 e. The summed E-state index contributed by atoms with van der Waals surface area (Å²) in [6.45, 7) is 0. The van der Waals surface area contributed by atoms with E-state index in [1.54, 1.807) is 24.3 Å². The van der Waals surface area contributed by atoms with Crippen molar-refractivity contribution in [1.29, 1.82) is 0 Å². The second kappa shape index (κ2) is 7.23. The molecule has 122 valence electrons. The number of benzene rings is 2. The average Bonchev–Trinajstić information content (AvgIpc) is 2.55. The third-order valence-electron chi connectivity index (χ3n) is 3.42. The molecule has 0 spiro atoms. The van der Waals surface area contributed by atoms with E-state index in [1.165, 1.54) is 32.4 Å². The minimum Gasteiger partial charge on any atom is -0.311 e. The molecule has 0 saturated heterocycles. The molecular formula is C15H15ClNO5P. The van der Waals surface area contributed by atoms with Gasteiger partial charge in [-0.2, -0.15) is 0 Å². The standard InChI is InChI=1S/C15H15ClNO5P/c1-21-23(20,22-2)15(11-6-4-3-5-7-11)12-8-9-14(17(18)19)13(16)10-12/h3-10,15H,1-2H3. The zero-order valence-corrected chi connectivity index (χ0v) is 14.2. The van der Waals surface area contributed by atoms with Gasteiger partial charge < -0.3 is 9.05 Å². The van der Waals surface area contributed by atoms with Crippen molar-refractivity contribution < 1.29 is 18.5 Å². The van der Waals surface area contributed by atoms with Crippen LogP contribution in [0.15, 0.2) is 48.5 Å². The van der Waals surface area contributed by atoms with Crippen LogP contribution in [0.4, 0.5) is 5.69 Å². The molecule has 0 aliphatic carbocycles. The highest BCUT2D eigenvalue weighted by Gasteiger charge is 2.37. The van der Waals surface area contributed by atoms with Gasteiger partial charge in [0.2, 0.25) is 0 Å². The summed E-state index contributed by atoms with van der Waals surface area (Å²) >= 11 is 5.98. The summed E-state index contributed by atoms with van der Waals surface area (Å²) in [5.41, 5.74) is 0.257. The first-order valence-corrected chi connectivity index (χ1v) is 8.62. The summed E-state index contributed by atoms with van der Waals surface area (Å²) in [6, 6.07) is 13.2. The Morgan fingerprint density at radius 1 is 1.09 bits per heavy atom. The first-order valence-electron chi connectivity index (χ1n) is 6.63. The molecule has 2 aromatic carbocycles. The highest BCUT2D eigenvalue weighted by atomic mass is 35.5. The van der Waals surface area contributed by atoms with Crippen molar-refractivity contribution in [1.82, 2.24) is 0 Å². The molecule has 0 aliphatic heterocycles. The van der Waals surface area contributed by atoms with Crippen LogP contribution in [-0.2, 0) is 13.6 Å². The van der Waals surface area contributed by atoms with E-state index >= 15 is 0 Å². The fourth-order valence-electron chi connectivity index (χ4n) is 2.32. The molecule has 23 heavy (non-hydrogen) atoms. The number of hydrogen-bond acceptors (Lipinski definition) is 5. The first-order chi connectivity index (χ1) is 10.9.